The number of phenols is 1. The molecule has 1 aromatic rings. The summed E-state index contributed by atoms with van der Waals surface area (Å²) in [5.41, 5.74) is 6.50. The minimum Gasteiger partial charge on any atom is -0.508 e. The van der Waals surface area contributed by atoms with Crippen molar-refractivity contribution in [2.24, 2.45) is 5.73 Å². The van der Waals surface area contributed by atoms with Gasteiger partial charge in [0.25, 0.3) is 0 Å². The first-order chi connectivity index (χ1) is 16.0. The third-order valence-corrected chi connectivity index (χ3v) is 4.54. The number of benzene rings is 1. The normalized spacial score (nSPS) is 14.1. The van der Waals surface area contributed by atoms with Crippen LogP contribution in [-0.2, 0) is 30.4 Å². The summed E-state index contributed by atoms with van der Waals surface area (Å²) < 4.78 is 0. The van der Waals surface area contributed by atoms with Crippen LogP contribution >= 0.6 is 0 Å². The van der Waals surface area contributed by atoms with E-state index in [1.807, 2.05) is 5.32 Å². The van der Waals surface area contributed by atoms with E-state index < -0.39 is 73.5 Å². The largest absolute Gasteiger partial charge is 0.508 e. The predicted octanol–water partition coefficient (Wildman–Crippen LogP) is -4.08. The Labute approximate surface area is 194 Å². The molecule has 0 bridgehead atoms. The maximum atomic E-state index is 12.2. The molecule has 4 unspecified atom stereocenters. The molecule has 0 radical (unpaired) electrons. The third kappa shape index (κ3) is 9.40. The Bertz CT molecular complexity index is 878. The van der Waals surface area contributed by atoms with E-state index in [1.165, 1.54) is 19.1 Å². The molecule has 0 saturated carbocycles. The summed E-state index contributed by atoms with van der Waals surface area (Å²) in [5.74, 6) is -4.71. The lowest BCUT2D eigenvalue weighted by Crippen LogP contribution is -2.57. The van der Waals surface area contributed by atoms with Gasteiger partial charge in [-0.25, -0.2) is 4.79 Å². The predicted molar refractivity (Wildman–Crippen MR) is 116 cm³/mol. The average molecular weight is 483 g/mol. The fraction of sp³-hybridized carbons (Fsp3) is 0.450. The molecular formula is C20H29N5O9. The number of aliphatic hydroxyl groups excluding tert-OH is 2. The molecule has 0 aliphatic rings. The van der Waals surface area contributed by atoms with Crippen molar-refractivity contribution in [3.63, 3.8) is 0 Å². The van der Waals surface area contributed by atoms with Gasteiger partial charge in [0, 0.05) is 0 Å². The monoisotopic (exact) mass is 483 g/mol. The molecule has 0 spiro atoms. The number of phenolic OH excluding ortho intramolecular Hbond substituents is 1. The summed E-state index contributed by atoms with van der Waals surface area (Å²) in [6, 6.07) is 0.796. The number of nitrogens with one attached hydrogen (secondary N) is 4. The minimum atomic E-state index is -1.63. The number of aliphatic carboxylic acids is 1. The van der Waals surface area contributed by atoms with E-state index in [0.29, 0.717) is 5.56 Å². The fourth-order valence-corrected chi connectivity index (χ4v) is 2.58. The number of aromatic hydroxyl groups is 1. The van der Waals surface area contributed by atoms with Crippen LogP contribution in [0.4, 0.5) is 0 Å². The van der Waals surface area contributed by atoms with Gasteiger partial charge < -0.3 is 47.4 Å². The van der Waals surface area contributed by atoms with Crippen LogP contribution in [0.1, 0.15) is 12.5 Å². The van der Waals surface area contributed by atoms with Gasteiger partial charge in [-0.3, -0.25) is 19.2 Å². The number of hydrogen-bond donors (Lipinski definition) is 9. The minimum absolute atomic E-state index is 0.0668. The zero-order valence-corrected chi connectivity index (χ0v) is 18.4. The van der Waals surface area contributed by atoms with Crippen LogP contribution in [0.3, 0.4) is 0 Å². The fourth-order valence-electron chi connectivity index (χ4n) is 2.58. The molecule has 1 aromatic carbocycles. The number of aliphatic hydroxyl groups is 2. The number of carbonyl (C=O) groups is 5. The topological polar surface area (TPSA) is 240 Å². The molecule has 0 aliphatic carbocycles. The molecule has 188 valence electrons. The van der Waals surface area contributed by atoms with Crippen molar-refractivity contribution in [2.75, 3.05) is 19.8 Å². The second-order valence-corrected chi connectivity index (χ2v) is 7.31. The Balaban J connectivity index is 2.49. The molecule has 1 rings (SSSR count). The highest BCUT2D eigenvalue weighted by molar-refractivity contribution is 5.94. The highest BCUT2D eigenvalue weighted by atomic mass is 16.4. The number of carbonyl (C=O) groups excluding carboxylic acids is 4. The van der Waals surface area contributed by atoms with Crippen molar-refractivity contribution in [3.05, 3.63) is 29.8 Å². The standard InChI is InChI=1S/C20H29N5O9/c1-10(17(30)24-14(8-26)19(32)25-15(9-27)20(33)34)23-16(29)7-22-18(31)13(21)6-11-2-4-12(28)5-3-11/h2-5,10,13-15,26-28H,6-9,21H2,1H3,(H,22,31)(H,23,29)(H,24,30)(H,25,32)(H,33,34). The molecule has 0 heterocycles. The van der Waals surface area contributed by atoms with E-state index in [0.717, 1.165) is 0 Å². The number of hydrogen-bond acceptors (Lipinski definition) is 9. The highest BCUT2D eigenvalue weighted by Crippen LogP contribution is 2.10. The highest BCUT2D eigenvalue weighted by Gasteiger charge is 2.27. The van der Waals surface area contributed by atoms with Crippen LogP contribution in [0.5, 0.6) is 5.75 Å². The number of carboxylic acids is 1. The lowest BCUT2D eigenvalue weighted by atomic mass is 10.1. The molecule has 34 heavy (non-hydrogen) atoms. The molecule has 4 amide bonds. The van der Waals surface area contributed by atoms with E-state index >= 15 is 0 Å². The van der Waals surface area contributed by atoms with E-state index in [-0.39, 0.29) is 12.2 Å². The van der Waals surface area contributed by atoms with Crippen LogP contribution in [-0.4, -0.2) is 94.0 Å². The van der Waals surface area contributed by atoms with E-state index in [4.69, 9.17) is 15.9 Å². The summed E-state index contributed by atoms with van der Waals surface area (Å²) in [5, 5.41) is 45.0. The second kappa shape index (κ2) is 13.7. The van der Waals surface area contributed by atoms with Gasteiger partial charge >= 0.3 is 5.97 Å². The SMILES string of the molecule is CC(NC(=O)CNC(=O)C(N)Cc1ccc(O)cc1)C(=O)NC(CO)C(=O)NC(CO)C(=O)O. The molecule has 14 nitrogen and oxygen atoms in total. The van der Waals surface area contributed by atoms with Gasteiger partial charge in [0.1, 0.15) is 23.9 Å². The number of rotatable bonds is 13. The van der Waals surface area contributed by atoms with E-state index in [1.54, 1.807) is 12.1 Å². The first-order valence-electron chi connectivity index (χ1n) is 10.1. The molecule has 14 heteroatoms. The second-order valence-electron chi connectivity index (χ2n) is 7.31. The summed E-state index contributed by atoms with van der Waals surface area (Å²) in [7, 11) is 0. The summed E-state index contributed by atoms with van der Waals surface area (Å²) >= 11 is 0. The zero-order valence-electron chi connectivity index (χ0n) is 18.4. The van der Waals surface area contributed by atoms with Crippen molar-refractivity contribution in [1.29, 1.82) is 0 Å². The van der Waals surface area contributed by atoms with Gasteiger partial charge in [-0.05, 0) is 31.0 Å². The average Bonchev–Trinajstić information content (AvgIpc) is 2.79. The van der Waals surface area contributed by atoms with Crippen molar-refractivity contribution in [1.82, 2.24) is 21.3 Å². The van der Waals surface area contributed by atoms with Crippen LogP contribution < -0.4 is 27.0 Å². The first kappa shape index (κ1) is 28.3. The summed E-state index contributed by atoms with van der Waals surface area (Å²) in [6.07, 6.45) is 0.163. The van der Waals surface area contributed by atoms with E-state index in [9.17, 15) is 34.2 Å². The zero-order chi connectivity index (χ0) is 25.8. The molecule has 4 atom stereocenters. The number of nitrogens with two attached hydrogens (primary N) is 1. The Hall–Kier alpha value is -3.75. The molecule has 0 saturated heterocycles. The van der Waals surface area contributed by atoms with Crippen LogP contribution in [0.15, 0.2) is 24.3 Å². The van der Waals surface area contributed by atoms with Crippen molar-refractivity contribution < 1.29 is 44.4 Å². The number of amides is 4. The van der Waals surface area contributed by atoms with Crippen LogP contribution in [0.25, 0.3) is 0 Å². The van der Waals surface area contributed by atoms with Gasteiger partial charge in [0.05, 0.1) is 25.8 Å². The summed E-state index contributed by atoms with van der Waals surface area (Å²) in [6.45, 7) is -0.971. The maximum Gasteiger partial charge on any atom is 0.328 e. The molecule has 0 fully saturated rings. The van der Waals surface area contributed by atoms with Crippen LogP contribution in [0, 0.1) is 0 Å². The Morgan fingerprint density at radius 2 is 1.44 bits per heavy atom. The maximum absolute atomic E-state index is 12.2. The van der Waals surface area contributed by atoms with Crippen LogP contribution in [0.2, 0.25) is 0 Å². The smallest absolute Gasteiger partial charge is 0.328 e. The van der Waals surface area contributed by atoms with Crippen molar-refractivity contribution >= 4 is 29.6 Å². The first-order valence-corrected chi connectivity index (χ1v) is 10.1. The van der Waals surface area contributed by atoms with Gasteiger partial charge in [0.15, 0.2) is 0 Å². The quantitative estimate of drug-likeness (QED) is 0.131. The van der Waals surface area contributed by atoms with E-state index in [2.05, 4.69) is 16.0 Å². The summed E-state index contributed by atoms with van der Waals surface area (Å²) in [4.78, 5) is 59.2. The molecule has 0 aliphatic heterocycles. The molecular weight excluding hydrogens is 454 g/mol. The lowest BCUT2D eigenvalue weighted by Gasteiger charge is -2.21. The third-order valence-electron chi connectivity index (χ3n) is 4.54. The Morgan fingerprint density at radius 3 is 1.97 bits per heavy atom. The lowest BCUT2D eigenvalue weighted by molar-refractivity contribution is -0.143. The van der Waals surface area contributed by atoms with Crippen molar-refractivity contribution in [2.45, 2.75) is 37.5 Å². The Kier molecular flexibility index (Phi) is 11.4. The van der Waals surface area contributed by atoms with Gasteiger partial charge in [-0.1, -0.05) is 12.1 Å². The molecule has 10 N–H and O–H groups in total. The molecule has 0 aromatic heterocycles. The van der Waals surface area contributed by atoms with Crippen molar-refractivity contribution in [3.8, 4) is 5.75 Å². The van der Waals surface area contributed by atoms with Gasteiger partial charge in [-0.2, -0.15) is 0 Å². The van der Waals surface area contributed by atoms with Gasteiger partial charge in [-0.15, -0.1) is 0 Å². The number of carboxylic acid groups (broad SMARTS) is 1. The Morgan fingerprint density at radius 1 is 0.882 bits per heavy atom. The van der Waals surface area contributed by atoms with Gasteiger partial charge in [0.2, 0.25) is 23.6 Å².